The molecule has 0 radical (unpaired) electrons. The Morgan fingerprint density at radius 2 is 1.70 bits per heavy atom. The van der Waals surface area contributed by atoms with E-state index in [9.17, 15) is 0 Å². The summed E-state index contributed by atoms with van der Waals surface area (Å²) in [6.45, 7) is 2.15. The van der Waals surface area contributed by atoms with E-state index in [4.69, 9.17) is 4.74 Å². The predicted octanol–water partition coefficient (Wildman–Crippen LogP) is 4.81. The summed E-state index contributed by atoms with van der Waals surface area (Å²) in [6, 6.07) is 16.7. The number of nitrogens with zero attached hydrogens (tertiary/aromatic N) is 2. The second kappa shape index (κ2) is 7.40. The van der Waals surface area contributed by atoms with E-state index in [1.165, 1.54) is 24.1 Å². The summed E-state index contributed by atoms with van der Waals surface area (Å²) in [6.07, 6.45) is 2.35. The van der Waals surface area contributed by atoms with Gasteiger partial charge in [-0.1, -0.05) is 12.1 Å². The third-order valence-electron chi connectivity index (χ3n) is 4.47. The van der Waals surface area contributed by atoms with Crippen LogP contribution in [0.5, 0.6) is 5.75 Å². The third-order valence-corrected chi connectivity index (χ3v) is 4.56. The van der Waals surface area contributed by atoms with Crippen molar-refractivity contribution in [2.75, 3.05) is 25.1 Å². The quantitative estimate of drug-likeness (QED) is 0.596. The molecule has 1 fully saturated rings. The normalized spacial score (nSPS) is 15.1. The van der Waals surface area contributed by atoms with E-state index in [-0.39, 0.29) is 0 Å². The van der Waals surface area contributed by atoms with E-state index in [1.807, 2.05) is 12.1 Å². The van der Waals surface area contributed by atoms with Crippen molar-refractivity contribution < 1.29 is 4.74 Å². The minimum atomic E-state index is 0.635. The Morgan fingerprint density at radius 3 is 2.26 bits per heavy atom. The Morgan fingerprint density at radius 1 is 1.04 bits per heavy atom. The first-order valence-electron chi connectivity index (χ1n) is 7.87. The summed E-state index contributed by atoms with van der Waals surface area (Å²) in [5.41, 5.74) is 3.52. The molecule has 3 rings (SSSR count). The lowest BCUT2D eigenvalue weighted by molar-refractivity contribution is 0.414. The van der Waals surface area contributed by atoms with Gasteiger partial charge in [-0.3, -0.25) is 0 Å². The molecule has 3 nitrogen and oxygen atoms in total. The number of anilines is 1. The number of thiocarbonyl (C=S) groups is 1. The number of hydrogen-bond acceptors (Lipinski definition) is 4. The topological polar surface area (TPSA) is 24.8 Å². The van der Waals surface area contributed by atoms with Crippen LogP contribution in [-0.4, -0.2) is 25.4 Å². The van der Waals surface area contributed by atoms with Crippen molar-refractivity contribution in [3.63, 3.8) is 0 Å². The Kier molecular flexibility index (Phi) is 5.06. The molecule has 1 heterocycles. The van der Waals surface area contributed by atoms with Crippen LogP contribution in [0, 0.1) is 0 Å². The molecule has 0 unspecified atom stereocenters. The number of hydrogen-bond donors (Lipinski definition) is 0. The highest BCUT2D eigenvalue weighted by Gasteiger charge is 2.20. The molecule has 1 saturated heterocycles. The van der Waals surface area contributed by atoms with Crippen molar-refractivity contribution in [1.82, 2.24) is 0 Å². The minimum absolute atomic E-state index is 0.635. The molecule has 0 N–H and O–H groups in total. The molecular weight excluding hydrogens is 304 g/mol. The van der Waals surface area contributed by atoms with Crippen molar-refractivity contribution in [3.05, 3.63) is 54.1 Å². The molecule has 0 saturated carbocycles. The van der Waals surface area contributed by atoms with Crippen LogP contribution in [0.4, 0.5) is 11.4 Å². The van der Waals surface area contributed by atoms with Crippen LogP contribution in [0.15, 0.2) is 53.5 Å². The second-order valence-corrected chi connectivity index (χ2v) is 5.94. The van der Waals surface area contributed by atoms with Gasteiger partial charge in [0.1, 0.15) is 5.75 Å². The number of benzene rings is 2. The highest BCUT2D eigenvalue weighted by atomic mass is 32.1. The van der Waals surface area contributed by atoms with E-state index < -0.39 is 0 Å². The molecule has 4 heteroatoms. The van der Waals surface area contributed by atoms with Crippen LogP contribution in [0.3, 0.4) is 0 Å². The van der Waals surface area contributed by atoms with Crippen molar-refractivity contribution in [2.45, 2.75) is 18.8 Å². The maximum absolute atomic E-state index is 5.23. The van der Waals surface area contributed by atoms with Gasteiger partial charge in [-0.2, -0.15) is 4.99 Å². The molecule has 0 amide bonds. The Labute approximate surface area is 142 Å². The SMILES string of the molecule is COc1ccc(C2CCN(c3ccc(N=C=S)cc3)CC2)cc1. The molecular formula is C19H20N2OS. The van der Waals surface area contributed by atoms with E-state index >= 15 is 0 Å². The fourth-order valence-electron chi connectivity index (χ4n) is 3.14. The molecule has 0 atom stereocenters. The average molecular weight is 324 g/mol. The van der Waals surface area contributed by atoms with Crippen molar-refractivity contribution in [2.24, 2.45) is 4.99 Å². The number of isothiocyanates is 1. The van der Waals surface area contributed by atoms with E-state index in [2.05, 4.69) is 63.7 Å². The molecule has 2 aromatic rings. The van der Waals surface area contributed by atoms with Gasteiger partial charge in [-0.15, -0.1) is 0 Å². The fourth-order valence-corrected chi connectivity index (χ4v) is 3.24. The zero-order valence-electron chi connectivity index (χ0n) is 13.2. The predicted molar refractivity (Wildman–Crippen MR) is 98.3 cm³/mol. The lowest BCUT2D eigenvalue weighted by Gasteiger charge is -2.34. The zero-order chi connectivity index (χ0) is 16.1. The van der Waals surface area contributed by atoms with Crippen LogP contribution in [0.25, 0.3) is 0 Å². The molecule has 23 heavy (non-hydrogen) atoms. The van der Waals surface area contributed by atoms with Crippen LogP contribution < -0.4 is 9.64 Å². The summed E-state index contributed by atoms with van der Waals surface area (Å²) in [5.74, 6) is 1.56. The molecule has 118 valence electrons. The molecule has 1 aliphatic heterocycles. The Hall–Kier alpha value is -2.16. The highest BCUT2D eigenvalue weighted by molar-refractivity contribution is 7.78. The summed E-state index contributed by atoms with van der Waals surface area (Å²) < 4.78 is 5.23. The summed E-state index contributed by atoms with van der Waals surface area (Å²) >= 11 is 4.63. The molecule has 0 bridgehead atoms. The molecule has 0 aromatic heterocycles. The fraction of sp³-hybridized carbons (Fsp3) is 0.316. The minimum Gasteiger partial charge on any atom is -0.497 e. The van der Waals surface area contributed by atoms with E-state index in [1.54, 1.807) is 7.11 Å². The molecule has 0 spiro atoms. The number of aliphatic imine (C=N–C) groups is 1. The maximum atomic E-state index is 5.23. The van der Waals surface area contributed by atoms with Crippen LogP contribution in [0.2, 0.25) is 0 Å². The summed E-state index contributed by atoms with van der Waals surface area (Å²) in [4.78, 5) is 6.43. The van der Waals surface area contributed by atoms with Gasteiger partial charge >= 0.3 is 0 Å². The lowest BCUT2D eigenvalue weighted by atomic mass is 9.89. The number of piperidine rings is 1. The van der Waals surface area contributed by atoms with Crippen LogP contribution in [0.1, 0.15) is 24.3 Å². The average Bonchev–Trinajstić information content (AvgIpc) is 2.63. The van der Waals surface area contributed by atoms with Gasteiger partial charge in [0, 0.05) is 18.8 Å². The first-order valence-corrected chi connectivity index (χ1v) is 8.28. The van der Waals surface area contributed by atoms with Gasteiger partial charge in [-0.25, -0.2) is 0 Å². The van der Waals surface area contributed by atoms with Crippen molar-refractivity contribution in [3.8, 4) is 5.75 Å². The van der Waals surface area contributed by atoms with Gasteiger partial charge in [0.05, 0.1) is 18.0 Å². The number of methoxy groups -OCH3 is 1. The van der Waals surface area contributed by atoms with E-state index in [0.717, 1.165) is 24.5 Å². The van der Waals surface area contributed by atoms with Gasteiger partial charge in [0.15, 0.2) is 0 Å². The third kappa shape index (κ3) is 3.79. The maximum Gasteiger partial charge on any atom is 0.118 e. The zero-order valence-corrected chi connectivity index (χ0v) is 14.1. The standard InChI is InChI=1S/C19H20N2OS/c1-22-19-8-2-15(3-9-19)16-10-12-21(13-11-16)18-6-4-17(5-7-18)20-14-23/h2-9,16H,10-13H2,1H3. The van der Waals surface area contributed by atoms with Crippen molar-refractivity contribution >= 4 is 28.8 Å². The summed E-state index contributed by atoms with van der Waals surface area (Å²) in [7, 11) is 1.71. The largest absolute Gasteiger partial charge is 0.497 e. The smallest absolute Gasteiger partial charge is 0.118 e. The lowest BCUT2D eigenvalue weighted by Crippen LogP contribution is -2.32. The van der Waals surface area contributed by atoms with Crippen molar-refractivity contribution in [1.29, 1.82) is 0 Å². The number of rotatable bonds is 4. The van der Waals surface area contributed by atoms with Gasteiger partial charge in [0.25, 0.3) is 0 Å². The number of ether oxygens (including phenoxy) is 1. The molecule has 2 aromatic carbocycles. The second-order valence-electron chi connectivity index (χ2n) is 5.75. The van der Waals surface area contributed by atoms with Gasteiger partial charge in [0.2, 0.25) is 0 Å². The van der Waals surface area contributed by atoms with Gasteiger partial charge in [-0.05, 0) is 72.9 Å². The highest BCUT2D eigenvalue weighted by Crippen LogP contribution is 2.31. The van der Waals surface area contributed by atoms with E-state index in [0.29, 0.717) is 5.92 Å². The molecule has 1 aliphatic rings. The van der Waals surface area contributed by atoms with Gasteiger partial charge < -0.3 is 9.64 Å². The first-order chi connectivity index (χ1) is 11.3. The Balaban J connectivity index is 1.62. The van der Waals surface area contributed by atoms with Crippen LogP contribution >= 0.6 is 12.2 Å². The molecule has 0 aliphatic carbocycles. The monoisotopic (exact) mass is 324 g/mol. The first kappa shape index (κ1) is 15.7. The summed E-state index contributed by atoms with van der Waals surface area (Å²) in [5, 5.41) is 2.40. The van der Waals surface area contributed by atoms with Crippen LogP contribution in [-0.2, 0) is 0 Å². The Bertz CT molecular complexity index is 682.